The van der Waals surface area contributed by atoms with Gasteiger partial charge in [-0.1, -0.05) is 47.5 Å². The Hall–Kier alpha value is -6.43. The Kier molecular flexibility index (Phi) is 20.7. The van der Waals surface area contributed by atoms with Crippen molar-refractivity contribution in [2.24, 2.45) is 20.5 Å². The predicted molar refractivity (Wildman–Crippen MR) is 274 cm³/mol. The molecule has 70 heavy (non-hydrogen) atoms. The largest absolute Gasteiger partial charge is 0.492 e. The van der Waals surface area contributed by atoms with Crippen molar-refractivity contribution in [1.29, 1.82) is 0 Å². The lowest BCUT2D eigenvalue weighted by Gasteiger charge is -2.15. The van der Waals surface area contributed by atoms with Crippen LogP contribution in [0.4, 0.5) is 34.1 Å². The maximum atomic E-state index is 13.5. The normalized spacial score (nSPS) is 12.0. The monoisotopic (exact) mass is 1050 g/mol. The summed E-state index contributed by atoms with van der Waals surface area (Å²) in [6.07, 6.45) is 1.13. The first-order valence-corrected chi connectivity index (χ1v) is 23.9. The molecular weight excluding hydrogens is 1010 g/mol. The van der Waals surface area contributed by atoms with Crippen molar-refractivity contribution in [2.45, 2.75) is 58.5 Å². The van der Waals surface area contributed by atoms with Crippen LogP contribution in [-0.2, 0) is 37.9 Å². The van der Waals surface area contributed by atoms with Crippen LogP contribution in [0.5, 0.6) is 11.5 Å². The Morgan fingerprint density at radius 2 is 1.01 bits per heavy atom. The van der Waals surface area contributed by atoms with Crippen LogP contribution in [0.3, 0.4) is 0 Å². The number of azo groups is 2. The summed E-state index contributed by atoms with van der Waals surface area (Å²) in [5.41, 5.74) is 3.36. The van der Waals surface area contributed by atoms with Crippen molar-refractivity contribution in [1.82, 2.24) is 0 Å². The van der Waals surface area contributed by atoms with Gasteiger partial charge in [0.1, 0.15) is 22.9 Å². The SMILES string of the molecule is CCOc1ccc(CCCl)cc1NC(=O)c1cccc(N=NC(C(C)=O)C(=O)Nc2ccc(NC(=O)C(N=Nc3cccc(C(=O)Nc4cc(CCCl)ccc4OCC)c3Cl)C(C)=O)c(CCl)c2)c1Cl. The third-order valence-electron chi connectivity index (χ3n) is 10.00. The van der Waals surface area contributed by atoms with E-state index in [0.29, 0.717) is 66.3 Å². The highest BCUT2D eigenvalue weighted by molar-refractivity contribution is 6.37. The first-order chi connectivity index (χ1) is 33.6. The number of amides is 4. The summed E-state index contributed by atoms with van der Waals surface area (Å²) in [6.45, 7) is 6.65. The van der Waals surface area contributed by atoms with Gasteiger partial charge < -0.3 is 30.7 Å². The molecule has 4 amide bonds. The molecule has 366 valence electrons. The standard InChI is InChI=1S/C49H47Cl5N8O8/c1-5-69-40-17-13-29(19-21-50)23-38(40)57-46(65)33-9-7-11-36(42(33)53)59-61-44(27(3)63)48(67)55-32-15-16-35(31(25-32)26-52)56-49(68)45(28(4)64)62-60-37-12-8-10-34(43(37)54)47(66)58-39-24-30(20-22-51)14-18-41(39)70-6-2/h7-18,23-25,44-45H,5-6,19-22,26H2,1-4H3,(H,55,67)(H,56,68)(H,57,65)(H,58,66). The summed E-state index contributed by atoms with van der Waals surface area (Å²) in [5.74, 6) is -2.71. The van der Waals surface area contributed by atoms with E-state index in [4.69, 9.17) is 67.5 Å². The number of ether oxygens (including phenoxy) is 2. The second-order valence-electron chi connectivity index (χ2n) is 15.0. The van der Waals surface area contributed by atoms with Crippen LogP contribution in [0.1, 0.15) is 65.1 Å². The summed E-state index contributed by atoms with van der Waals surface area (Å²) < 4.78 is 11.4. The van der Waals surface area contributed by atoms with Crippen LogP contribution < -0.4 is 30.7 Å². The lowest BCUT2D eigenvalue weighted by Crippen LogP contribution is -2.32. The number of Topliss-reactive ketones (excluding diaryl/α,β-unsaturated/α-hetero) is 2. The highest BCUT2D eigenvalue weighted by atomic mass is 35.5. The van der Waals surface area contributed by atoms with Gasteiger partial charge in [0.25, 0.3) is 23.6 Å². The van der Waals surface area contributed by atoms with Crippen LogP contribution >= 0.6 is 58.0 Å². The maximum Gasteiger partial charge on any atom is 0.258 e. The molecule has 0 spiro atoms. The van der Waals surface area contributed by atoms with Crippen LogP contribution in [0.25, 0.3) is 0 Å². The number of nitrogens with one attached hydrogen (secondary N) is 4. The van der Waals surface area contributed by atoms with Crippen molar-refractivity contribution < 1.29 is 38.2 Å². The zero-order valence-electron chi connectivity index (χ0n) is 38.2. The lowest BCUT2D eigenvalue weighted by molar-refractivity contribution is -0.127. The molecule has 0 radical (unpaired) electrons. The van der Waals surface area contributed by atoms with Crippen LogP contribution in [0, 0.1) is 0 Å². The second-order valence-corrected chi connectivity index (χ2v) is 16.8. The van der Waals surface area contributed by atoms with Gasteiger partial charge in [0.05, 0.1) is 45.8 Å². The van der Waals surface area contributed by atoms with Crippen LogP contribution in [0.2, 0.25) is 10.0 Å². The molecule has 0 heterocycles. The topological polar surface area (TPSA) is 218 Å². The number of halogens is 5. The van der Waals surface area contributed by atoms with Gasteiger partial charge in [0, 0.05) is 29.0 Å². The molecule has 0 fully saturated rings. The fraction of sp³-hybridized carbons (Fsp3) is 0.265. The first-order valence-electron chi connectivity index (χ1n) is 21.6. The number of carbonyl (C=O) groups is 6. The smallest absolute Gasteiger partial charge is 0.258 e. The molecule has 0 saturated carbocycles. The molecule has 16 nitrogen and oxygen atoms in total. The molecule has 4 N–H and O–H groups in total. The number of rotatable bonds is 23. The van der Waals surface area contributed by atoms with Crippen LogP contribution in [-0.4, -0.2) is 72.3 Å². The molecular formula is C49H47Cl5N8O8. The van der Waals surface area contributed by atoms with Crippen molar-refractivity contribution in [3.63, 3.8) is 0 Å². The van der Waals surface area contributed by atoms with E-state index < -0.39 is 47.3 Å². The Bertz CT molecular complexity index is 2830. The summed E-state index contributed by atoms with van der Waals surface area (Å²) >= 11 is 31.3. The molecule has 0 saturated heterocycles. The fourth-order valence-corrected chi connectivity index (χ4v) is 7.71. The van der Waals surface area contributed by atoms with Gasteiger partial charge in [0.15, 0.2) is 11.6 Å². The average Bonchev–Trinajstić information content (AvgIpc) is 3.32. The molecule has 5 rings (SSSR count). The highest BCUT2D eigenvalue weighted by Crippen LogP contribution is 2.34. The van der Waals surface area contributed by atoms with Gasteiger partial charge in [-0.2, -0.15) is 20.5 Å². The first kappa shape index (κ1) is 54.5. The molecule has 0 aliphatic rings. The predicted octanol–water partition coefficient (Wildman–Crippen LogP) is 12.0. The molecule has 2 unspecified atom stereocenters. The van der Waals surface area contributed by atoms with E-state index in [9.17, 15) is 28.8 Å². The Morgan fingerprint density at radius 3 is 1.43 bits per heavy atom. The summed E-state index contributed by atoms with van der Waals surface area (Å²) in [5, 5.41) is 26.8. The average molecular weight is 1050 g/mol. The number of hydrogen-bond donors (Lipinski definition) is 4. The molecule has 0 aliphatic heterocycles. The number of benzene rings is 5. The van der Waals surface area contributed by atoms with Gasteiger partial charge in [-0.25, -0.2) is 0 Å². The number of ketones is 2. The van der Waals surface area contributed by atoms with Gasteiger partial charge in [0.2, 0.25) is 12.1 Å². The van der Waals surface area contributed by atoms with E-state index in [1.54, 1.807) is 24.3 Å². The summed E-state index contributed by atoms with van der Waals surface area (Å²) in [4.78, 5) is 79.2. The third kappa shape index (κ3) is 14.6. The minimum atomic E-state index is -1.65. The molecule has 2 atom stereocenters. The van der Waals surface area contributed by atoms with Crippen molar-refractivity contribution in [3.8, 4) is 11.5 Å². The minimum absolute atomic E-state index is 0.0104. The van der Waals surface area contributed by atoms with E-state index in [0.717, 1.165) is 25.0 Å². The third-order valence-corrected chi connectivity index (χ3v) is 11.5. The molecule has 5 aromatic rings. The second kappa shape index (κ2) is 26.5. The van der Waals surface area contributed by atoms with Crippen molar-refractivity contribution in [2.75, 3.05) is 46.2 Å². The Morgan fingerprint density at radius 1 is 0.557 bits per heavy atom. The van der Waals surface area contributed by atoms with E-state index in [2.05, 4.69) is 41.7 Å². The number of nitrogens with zero attached hydrogens (tertiary/aromatic N) is 4. The number of carbonyl (C=O) groups excluding carboxylic acids is 6. The van der Waals surface area contributed by atoms with Crippen molar-refractivity contribution in [3.05, 3.63) is 129 Å². The Balaban J connectivity index is 1.27. The molecule has 0 bridgehead atoms. The van der Waals surface area contributed by atoms with Crippen molar-refractivity contribution >= 4 is 127 Å². The number of alkyl halides is 3. The number of anilines is 4. The van der Waals surface area contributed by atoms with Gasteiger partial charge in [-0.05, 0) is 124 Å². The number of aryl methyl sites for hydroxylation is 2. The maximum absolute atomic E-state index is 13.5. The fourth-order valence-electron chi connectivity index (χ4n) is 6.56. The molecule has 5 aromatic carbocycles. The van der Waals surface area contributed by atoms with Gasteiger partial charge in [-0.15, -0.1) is 34.8 Å². The zero-order valence-corrected chi connectivity index (χ0v) is 42.0. The van der Waals surface area contributed by atoms with E-state index >= 15 is 0 Å². The highest BCUT2D eigenvalue weighted by Gasteiger charge is 2.27. The van der Waals surface area contributed by atoms with Gasteiger partial charge >= 0.3 is 0 Å². The minimum Gasteiger partial charge on any atom is -0.492 e. The molecule has 21 heteroatoms. The number of hydrogen-bond acceptors (Lipinski definition) is 12. The van der Waals surface area contributed by atoms with Gasteiger partial charge in [-0.3, -0.25) is 28.8 Å². The Labute approximate surface area is 428 Å². The van der Waals surface area contributed by atoms with E-state index in [1.165, 1.54) is 54.6 Å². The molecule has 0 aromatic heterocycles. The quantitative estimate of drug-likeness (QED) is 0.0279. The summed E-state index contributed by atoms with van der Waals surface area (Å²) in [6, 6.07) is 20.6. The lowest BCUT2D eigenvalue weighted by atomic mass is 10.1. The zero-order chi connectivity index (χ0) is 50.9. The van der Waals surface area contributed by atoms with E-state index in [1.807, 2.05) is 26.0 Å². The molecule has 0 aliphatic carbocycles. The van der Waals surface area contributed by atoms with Crippen LogP contribution in [0.15, 0.2) is 111 Å². The van der Waals surface area contributed by atoms with E-state index in [-0.39, 0.29) is 49.8 Å². The summed E-state index contributed by atoms with van der Waals surface area (Å²) in [7, 11) is 0.